The zero-order valence-electron chi connectivity index (χ0n) is 20.4. The molecule has 3 rings (SSSR count). The summed E-state index contributed by atoms with van der Waals surface area (Å²) in [6, 6.07) is 7.31. The van der Waals surface area contributed by atoms with Crippen LogP contribution in [0.4, 0.5) is 4.79 Å². The van der Waals surface area contributed by atoms with Crippen molar-refractivity contribution in [2.75, 3.05) is 6.54 Å². The van der Waals surface area contributed by atoms with Crippen molar-refractivity contribution in [2.45, 2.75) is 69.6 Å². The average Bonchev–Trinajstić information content (AvgIpc) is 3.38. The van der Waals surface area contributed by atoms with Gasteiger partial charge in [-0.25, -0.2) is 4.79 Å². The van der Waals surface area contributed by atoms with Crippen molar-refractivity contribution in [3.05, 3.63) is 35.9 Å². The molecule has 3 amide bonds. The monoisotopic (exact) mass is 525 g/mol. The normalized spacial score (nSPS) is 23.9. The molecule has 3 unspecified atom stereocenters. The molecule has 11 nitrogen and oxygen atoms in total. The molecule has 1 saturated heterocycles. The topological polar surface area (TPSA) is 171 Å². The number of rotatable bonds is 12. The van der Waals surface area contributed by atoms with Crippen LogP contribution in [0.15, 0.2) is 30.3 Å². The molecule has 1 aromatic carbocycles. The van der Waals surface area contributed by atoms with E-state index in [0.29, 0.717) is 13.0 Å². The lowest BCUT2D eigenvalue weighted by atomic mass is 9.97. The van der Waals surface area contributed by atoms with Crippen molar-refractivity contribution in [1.82, 2.24) is 16.0 Å². The van der Waals surface area contributed by atoms with Gasteiger partial charge in [-0.1, -0.05) is 44.2 Å². The lowest BCUT2D eigenvalue weighted by Gasteiger charge is -2.27. The molecule has 0 radical (unpaired) electrons. The minimum Gasteiger partial charge on any atom is -0.446 e. The van der Waals surface area contributed by atoms with Crippen LogP contribution in [0.5, 0.6) is 0 Å². The number of carbonyl (C=O) groups excluding carboxylic acids is 3. The second-order valence-corrected chi connectivity index (χ2v) is 11.5. The van der Waals surface area contributed by atoms with E-state index in [0.717, 1.165) is 18.4 Å². The Hall–Kier alpha value is -2.70. The van der Waals surface area contributed by atoms with Crippen LogP contribution in [-0.4, -0.2) is 66.2 Å². The number of amides is 3. The van der Waals surface area contributed by atoms with Gasteiger partial charge in [-0.2, -0.15) is 8.42 Å². The molecular formula is C24H35N3O8S. The third-order valence-corrected chi connectivity index (χ3v) is 7.39. The van der Waals surface area contributed by atoms with Crippen LogP contribution in [0, 0.1) is 17.8 Å². The molecular weight excluding hydrogens is 490 g/mol. The van der Waals surface area contributed by atoms with Crippen LogP contribution in [0.2, 0.25) is 0 Å². The van der Waals surface area contributed by atoms with Gasteiger partial charge in [0.15, 0.2) is 0 Å². The molecule has 12 heteroatoms. The number of alkyl carbamates (subject to hydrolysis) is 1. The number of hydrogen-bond acceptors (Lipinski definition) is 7. The summed E-state index contributed by atoms with van der Waals surface area (Å²) in [6.07, 6.45) is 0.891. The zero-order chi connectivity index (χ0) is 26.5. The Balaban J connectivity index is 1.60. The summed E-state index contributed by atoms with van der Waals surface area (Å²) in [5.74, 6) is -1.53. The highest BCUT2D eigenvalue weighted by molar-refractivity contribution is 7.86. The molecule has 1 saturated carbocycles. The third-order valence-electron chi connectivity index (χ3n) is 6.45. The van der Waals surface area contributed by atoms with Crippen LogP contribution in [0.25, 0.3) is 0 Å². The summed E-state index contributed by atoms with van der Waals surface area (Å²) >= 11 is 0. The van der Waals surface area contributed by atoms with Gasteiger partial charge in [-0.05, 0) is 43.6 Å². The molecule has 200 valence electrons. The summed E-state index contributed by atoms with van der Waals surface area (Å²) in [6.45, 7) is 4.08. The van der Waals surface area contributed by atoms with Gasteiger partial charge >= 0.3 is 6.09 Å². The highest BCUT2D eigenvalue weighted by Gasteiger charge is 2.42. The number of hydrogen-bond donors (Lipinski definition) is 5. The number of ether oxygens (including phenoxy) is 1. The van der Waals surface area contributed by atoms with E-state index >= 15 is 0 Å². The molecule has 2 aliphatic rings. The lowest BCUT2D eigenvalue weighted by molar-refractivity contribution is -0.126. The van der Waals surface area contributed by atoms with Crippen LogP contribution < -0.4 is 16.0 Å². The molecule has 0 spiro atoms. The molecule has 1 aliphatic carbocycles. The Kier molecular flexibility index (Phi) is 9.31. The first-order valence-corrected chi connectivity index (χ1v) is 13.7. The Morgan fingerprint density at radius 3 is 2.47 bits per heavy atom. The maximum absolute atomic E-state index is 13.0. The van der Waals surface area contributed by atoms with Crippen molar-refractivity contribution in [1.29, 1.82) is 0 Å². The number of aliphatic hydroxyl groups excluding tert-OH is 1. The maximum Gasteiger partial charge on any atom is 0.408 e. The van der Waals surface area contributed by atoms with E-state index in [4.69, 9.17) is 4.74 Å². The van der Waals surface area contributed by atoms with E-state index < -0.39 is 45.6 Å². The Morgan fingerprint density at radius 2 is 1.89 bits per heavy atom. The predicted octanol–water partition coefficient (Wildman–Crippen LogP) is 0.976. The summed E-state index contributed by atoms with van der Waals surface area (Å²) in [5.41, 5.74) is -1.18. The fourth-order valence-corrected chi connectivity index (χ4v) is 5.02. The Morgan fingerprint density at radius 1 is 1.19 bits per heavy atom. The van der Waals surface area contributed by atoms with Gasteiger partial charge in [0.2, 0.25) is 17.3 Å². The fraction of sp³-hybridized carbons (Fsp3) is 0.625. The van der Waals surface area contributed by atoms with E-state index in [1.54, 1.807) is 0 Å². The molecule has 1 aromatic rings. The second kappa shape index (κ2) is 12.0. The van der Waals surface area contributed by atoms with E-state index in [1.807, 2.05) is 44.2 Å². The molecule has 5 N–H and O–H groups in total. The summed E-state index contributed by atoms with van der Waals surface area (Å²) in [7, 11) is -4.92. The average molecular weight is 526 g/mol. The van der Waals surface area contributed by atoms with Gasteiger partial charge < -0.3 is 25.8 Å². The third kappa shape index (κ3) is 8.17. The predicted molar refractivity (Wildman–Crippen MR) is 130 cm³/mol. The molecule has 0 aromatic heterocycles. The van der Waals surface area contributed by atoms with E-state index in [1.165, 1.54) is 0 Å². The van der Waals surface area contributed by atoms with Gasteiger partial charge in [-0.15, -0.1) is 0 Å². The van der Waals surface area contributed by atoms with Crippen molar-refractivity contribution in [2.24, 2.45) is 17.8 Å². The molecule has 6 atom stereocenters. The zero-order valence-corrected chi connectivity index (χ0v) is 21.2. The number of carbonyl (C=O) groups is 3. The highest BCUT2D eigenvalue weighted by Crippen LogP contribution is 2.36. The van der Waals surface area contributed by atoms with Crippen LogP contribution >= 0.6 is 0 Å². The van der Waals surface area contributed by atoms with Gasteiger partial charge in [0.25, 0.3) is 10.1 Å². The quantitative estimate of drug-likeness (QED) is 0.251. The van der Waals surface area contributed by atoms with Gasteiger partial charge in [-0.3, -0.25) is 14.1 Å². The second-order valence-electron chi connectivity index (χ2n) is 9.99. The standard InChI is InChI=1S/C24H35N3O8S/c1-14(2)10-18(27-24(31)35-20-13-17(20)11-15-6-4-3-5-7-15)22(29)26-19(23(30)36(32,33)34)12-16-8-9-25-21(16)28/h3-7,14,16-20,23,30H,8-13H2,1-2H3,(H,25,28)(H,26,29)(H,27,31)(H,32,33,34)/t16-,17?,18-,19-,20?,23?/m0/s1. The molecule has 1 heterocycles. The van der Waals surface area contributed by atoms with E-state index in [2.05, 4.69) is 16.0 Å². The summed E-state index contributed by atoms with van der Waals surface area (Å²) in [5, 5.41) is 17.7. The number of nitrogens with one attached hydrogen (secondary N) is 3. The molecule has 0 bridgehead atoms. The van der Waals surface area contributed by atoms with Crippen LogP contribution in [0.3, 0.4) is 0 Å². The van der Waals surface area contributed by atoms with Crippen molar-refractivity contribution in [3.63, 3.8) is 0 Å². The minimum atomic E-state index is -4.92. The number of benzene rings is 1. The Labute approximate surface area is 211 Å². The maximum atomic E-state index is 13.0. The molecule has 2 fully saturated rings. The highest BCUT2D eigenvalue weighted by atomic mass is 32.2. The number of aliphatic hydroxyl groups is 1. The summed E-state index contributed by atoms with van der Waals surface area (Å²) in [4.78, 5) is 37.5. The first-order chi connectivity index (χ1) is 16.9. The Bertz CT molecular complexity index is 1030. The van der Waals surface area contributed by atoms with E-state index in [-0.39, 0.29) is 36.7 Å². The first kappa shape index (κ1) is 27.9. The molecule has 36 heavy (non-hydrogen) atoms. The summed E-state index contributed by atoms with van der Waals surface area (Å²) < 4.78 is 38.0. The van der Waals surface area contributed by atoms with Gasteiger partial charge in [0, 0.05) is 18.4 Å². The smallest absolute Gasteiger partial charge is 0.408 e. The fourth-order valence-electron chi connectivity index (χ4n) is 4.43. The van der Waals surface area contributed by atoms with Crippen LogP contribution in [-0.2, 0) is 30.9 Å². The SMILES string of the molecule is CC(C)C[C@H](NC(=O)OC1CC1Cc1ccccc1)C(=O)N[C@@H](C[C@@H]1CCNC1=O)C(O)S(=O)(=O)O. The van der Waals surface area contributed by atoms with Crippen molar-refractivity contribution in [3.8, 4) is 0 Å². The van der Waals surface area contributed by atoms with E-state index in [9.17, 15) is 32.5 Å². The largest absolute Gasteiger partial charge is 0.446 e. The minimum absolute atomic E-state index is 0.0154. The first-order valence-electron chi connectivity index (χ1n) is 12.2. The van der Waals surface area contributed by atoms with Gasteiger partial charge in [0.05, 0.1) is 6.04 Å². The van der Waals surface area contributed by atoms with Crippen LogP contribution in [0.1, 0.15) is 45.1 Å². The molecule has 1 aliphatic heterocycles. The van der Waals surface area contributed by atoms with Gasteiger partial charge in [0.1, 0.15) is 12.1 Å². The lowest BCUT2D eigenvalue weighted by Crippen LogP contribution is -2.55. The van der Waals surface area contributed by atoms with Crippen molar-refractivity contribution < 1.29 is 37.2 Å². The van der Waals surface area contributed by atoms with Crippen molar-refractivity contribution >= 4 is 28.0 Å².